The molecule has 2 nitrogen and oxygen atoms in total. The normalized spacial score (nSPS) is 10.4. The Morgan fingerprint density at radius 3 is 2.31 bits per heavy atom. The Labute approximate surface area is 108 Å². The van der Waals surface area contributed by atoms with Crippen molar-refractivity contribution in [3.8, 4) is 11.3 Å². The minimum atomic E-state index is 0.237. The molecule has 82 valence electrons. The van der Waals surface area contributed by atoms with Crippen molar-refractivity contribution < 1.29 is 0 Å². The number of halogens is 3. The molecule has 0 bridgehead atoms. The summed E-state index contributed by atoms with van der Waals surface area (Å²) < 4.78 is 0. The van der Waals surface area contributed by atoms with Gasteiger partial charge in [0.1, 0.15) is 11.0 Å². The van der Waals surface area contributed by atoms with E-state index in [1.807, 2.05) is 12.1 Å². The lowest BCUT2D eigenvalue weighted by Crippen LogP contribution is -1.94. The summed E-state index contributed by atoms with van der Waals surface area (Å²) in [6.45, 7) is 0. The fourth-order valence-electron chi connectivity index (χ4n) is 1.29. The van der Waals surface area contributed by atoms with Gasteiger partial charge in [-0.05, 0) is 12.1 Å². The van der Waals surface area contributed by atoms with E-state index in [1.54, 1.807) is 18.2 Å². The lowest BCUT2D eigenvalue weighted by Gasteiger charge is -2.03. The summed E-state index contributed by atoms with van der Waals surface area (Å²) in [6, 6.07) is 9.04. The number of nitrogens with zero attached hydrogens (tertiary/aromatic N) is 2. The second-order valence-corrected chi connectivity index (χ2v) is 4.22. The van der Waals surface area contributed by atoms with Crippen molar-refractivity contribution in [2.45, 2.75) is 5.88 Å². The molecular formula is C11H7Cl3N2. The molecule has 0 aliphatic heterocycles. The summed E-state index contributed by atoms with van der Waals surface area (Å²) in [5.74, 6) is 0.750. The van der Waals surface area contributed by atoms with Crippen LogP contribution in [0, 0.1) is 0 Å². The summed E-state index contributed by atoms with van der Waals surface area (Å²) in [7, 11) is 0. The molecule has 0 atom stereocenters. The molecule has 1 aromatic heterocycles. The van der Waals surface area contributed by atoms with Gasteiger partial charge >= 0.3 is 0 Å². The van der Waals surface area contributed by atoms with Crippen LogP contribution in [-0.2, 0) is 5.88 Å². The molecule has 0 saturated carbocycles. The number of alkyl halides is 1. The molecular weight excluding hydrogens is 266 g/mol. The third-order valence-electron chi connectivity index (χ3n) is 2.00. The molecule has 0 spiro atoms. The highest BCUT2D eigenvalue weighted by Gasteiger charge is 2.04. The van der Waals surface area contributed by atoms with E-state index in [9.17, 15) is 0 Å². The van der Waals surface area contributed by atoms with Crippen molar-refractivity contribution >= 4 is 34.8 Å². The van der Waals surface area contributed by atoms with Crippen molar-refractivity contribution in [3.63, 3.8) is 0 Å². The van der Waals surface area contributed by atoms with Crippen LogP contribution in [0.3, 0.4) is 0 Å². The van der Waals surface area contributed by atoms with Crippen LogP contribution in [0.2, 0.25) is 10.2 Å². The second kappa shape index (κ2) is 5.00. The first kappa shape index (κ1) is 11.6. The molecule has 0 amide bonds. The largest absolute Gasteiger partial charge is 0.231 e. The highest BCUT2D eigenvalue weighted by atomic mass is 35.5. The van der Waals surface area contributed by atoms with Gasteiger partial charge in [0.25, 0.3) is 0 Å². The number of aromatic nitrogens is 2. The van der Waals surface area contributed by atoms with Gasteiger partial charge in [-0.2, -0.15) is 0 Å². The maximum absolute atomic E-state index is 5.87. The molecule has 0 fully saturated rings. The predicted molar refractivity (Wildman–Crippen MR) is 67.0 cm³/mol. The fourth-order valence-corrected chi connectivity index (χ4v) is 1.74. The van der Waals surface area contributed by atoms with Gasteiger partial charge in [0.2, 0.25) is 0 Å². The molecule has 0 aliphatic rings. The summed E-state index contributed by atoms with van der Waals surface area (Å²) >= 11 is 17.4. The van der Waals surface area contributed by atoms with Crippen molar-refractivity contribution in [1.82, 2.24) is 9.97 Å². The van der Waals surface area contributed by atoms with Gasteiger partial charge in [0.15, 0.2) is 0 Å². The van der Waals surface area contributed by atoms with Gasteiger partial charge in [-0.15, -0.1) is 11.6 Å². The number of hydrogen-bond acceptors (Lipinski definition) is 2. The third kappa shape index (κ3) is 2.64. The van der Waals surface area contributed by atoms with E-state index in [4.69, 9.17) is 34.8 Å². The van der Waals surface area contributed by atoms with Crippen molar-refractivity contribution in [2.75, 3.05) is 0 Å². The molecule has 0 saturated heterocycles. The van der Waals surface area contributed by atoms with Crippen LogP contribution in [0.15, 0.2) is 30.3 Å². The van der Waals surface area contributed by atoms with Crippen LogP contribution in [0.25, 0.3) is 11.3 Å². The van der Waals surface area contributed by atoms with Crippen molar-refractivity contribution in [2.24, 2.45) is 0 Å². The number of benzene rings is 1. The van der Waals surface area contributed by atoms with Crippen LogP contribution >= 0.6 is 34.8 Å². The maximum Gasteiger partial charge on any atom is 0.145 e. The van der Waals surface area contributed by atoms with Crippen molar-refractivity contribution in [1.29, 1.82) is 0 Å². The molecule has 5 heteroatoms. The van der Waals surface area contributed by atoms with E-state index < -0.39 is 0 Å². The molecule has 0 unspecified atom stereocenters. The first-order chi connectivity index (χ1) is 7.69. The van der Waals surface area contributed by atoms with Gasteiger partial charge < -0.3 is 0 Å². The average molecular weight is 274 g/mol. The van der Waals surface area contributed by atoms with E-state index in [1.165, 1.54) is 0 Å². The SMILES string of the molecule is ClCc1nc(Cl)cc(-c2ccc(Cl)cc2)n1. The summed E-state index contributed by atoms with van der Waals surface area (Å²) in [5.41, 5.74) is 1.67. The van der Waals surface area contributed by atoms with Gasteiger partial charge in [0.05, 0.1) is 11.6 Å². The summed E-state index contributed by atoms with van der Waals surface area (Å²) in [5, 5.41) is 1.07. The number of hydrogen-bond donors (Lipinski definition) is 0. The molecule has 16 heavy (non-hydrogen) atoms. The standard InChI is InChI=1S/C11H7Cl3N2/c12-6-11-15-9(5-10(14)16-11)7-1-3-8(13)4-2-7/h1-5H,6H2. The Bertz CT molecular complexity index is 497. The number of rotatable bonds is 2. The molecule has 2 aromatic rings. The van der Waals surface area contributed by atoms with Crippen LogP contribution in [0.5, 0.6) is 0 Å². The Kier molecular flexibility index (Phi) is 3.64. The van der Waals surface area contributed by atoms with Crippen LogP contribution < -0.4 is 0 Å². The third-order valence-corrected chi connectivity index (χ3v) is 2.69. The van der Waals surface area contributed by atoms with Gasteiger partial charge in [-0.3, -0.25) is 0 Å². The van der Waals surface area contributed by atoms with Gasteiger partial charge in [0, 0.05) is 16.7 Å². The summed E-state index contributed by atoms with van der Waals surface area (Å²) in [4.78, 5) is 8.27. The first-order valence-electron chi connectivity index (χ1n) is 4.54. The average Bonchev–Trinajstić information content (AvgIpc) is 2.29. The van der Waals surface area contributed by atoms with Crippen LogP contribution in [-0.4, -0.2) is 9.97 Å². The quantitative estimate of drug-likeness (QED) is 0.606. The summed E-state index contributed by atoms with van der Waals surface area (Å²) in [6.07, 6.45) is 0. The topological polar surface area (TPSA) is 25.8 Å². The zero-order valence-corrected chi connectivity index (χ0v) is 10.4. The van der Waals surface area contributed by atoms with Gasteiger partial charge in [-0.25, -0.2) is 9.97 Å². The molecule has 0 aliphatic carbocycles. The molecule has 1 heterocycles. The Balaban J connectivity index is 2.47. The minimum absolute atomic E-state index is 0.237. The lowest BCUT2D eigenvalue weighted by molar-refractivity contribution is 1.03. The molecule has 0 radical (unpaired) electrons. The molecule has 2 rings (SSSR count). The Hall–Kier alpha value is -0.830. The predicted octanol–water partition coefficient (Wildman–Crippen LogP) is 4.19. The lowest BCUT2D eigenvalue weighted by atomic mass is 10.1. The highest BCUT2D eigenvalue weighted by Crippen LogP contribution is 2.22. The van der Waals surface area contributed by atoms with E-state index in [0.29, 0.717) is 16.0 Å². The molecule has 1 aromatic carbocycles. The monoisotopic (exact) mass is 272 g/mol. The van der Waals surface area contributed by atoms with Gasteiger partial charge in [-0.1, -0.05) is 35.3 Å². The zero-order chi connectivity index (χ0) is 11.5. The highest BCUT2D eigenvalue weighted by molar-refractivity contribution is 6.30. The Morgan fingerprint density at radius 2 is 1.69 bits per heavy atom. The van der Waals surface area contributed by atoms with E-state index >= 15 is 0 Å². The maximum atomic E-state index is 5.87. The van der Waals surface area contributed by atoms with E-state index in [-0.39, 0.29) is 5.88 Å². The van der Waals surface area contributed by atoms with Crippen LogP contribution in [0.1, 0.15) is 5.82 Å². The molecule has 0 N–H and O–H groups in total. The Morgan fingerprint density at radius 1 is 1.00 bits per heavy atom. The smallest absolute Gasteiger partial charge is 0.145 e. The van der Waals surface area contributed by atoms with E-state index in [0.717, 1.165) is 11.3 Å². The first-order valence-corrected chi connectivity index (χ1v) is 5.83. The van der Waals surface area contributed by atoms with Crippen LogP contribution in [0.4, 0.5) is 0 Å². The van der Waals surface area contributed by atoms with E-state index in [2.05, 4.69) is 9.97 Å². The second-order valence-electron chi connectivity index (χ2n) is 3.13. The van der Waals surface area contributed by atoms with Crippen molar-refractivity contribution in [3.05, 3.63) is 46.3 Å². The minimum Gasteiger partial charge on any atom is -0.231 e. The zero-order valence-electron chi connectivity index (χ0n) is 8.12. The fraction of sp³-hybridized carbons (Fsp3) is 0.0909.